The third kappa shape index (κ3) is 2.95. The number of nitriles is 1. The van der Waals surface area contributed by atoms with Crippen molar-refractivity contribution in [3.05, 3.63) is 47.8 Å². The van der Waals surface area contributed by atoms with Gasteiger partial charge in [-0.1, -0.05) is 23.9 Å². The van der Waals surface area contributed by atoms with Gasteiger partial charge in [0.2, 0.25) is 0 Å². The maximum absolute atomic E-state index is 8.79. The zero-order valence-electron chi connectivity index (χ0n) is 9.00. The Bertz CT molecular complexity index is 562. The highest BCUT2D eigenvalue weighted by molar-refractivity contribution is 7.98. The molecule has 0 atom stereocenters. The van der Waals surface area contributed by atoms with Crippen LogP contribution in [-0.2, 0) is 5.75 Å². The van der Waals surface area contributed by atoms with Crippen LogP contribution in [0.25, 0.3) is 0 Å². The van der Waals surface area contributed by atoms with Crippen molar-refractivity contribution in [1.82, 2.24) is 9.97 Å². The van der Waals surface area contributed by atoms with Crippen molar-refractivity contribution >= 4 is 17.6 Å². The van der Waals surface area contributed by atoms with Gasteiger partial charge in [-0.2, -0.15) is 5.26 Å². The van der Waals surface area contributed by atoms with Crippen LogP contribution in [0.15, 0.2) is 41.7 Å². The molecule has 4 nitrogen and oxygen atoms in total. The number of rotatable bonds is 3. The minimum Gasteiger partial charge on any atom is -0.381 e. The highest BCUT2D eigenvalue weighted by Gasteiger charge is 2.03. The van der Waals surface area contributed by atoms with E-state index in [4.69, 9.17) is 11.0 Å². The first kappa shape index (κ1) is 11.4. The first-order valence-corrected chi connectivity index (χ1v) is 5.96. The zero-order valence-corrected chi connectivity index (χ0v) is 9.81. The molecule has 0 fully saturated rings. The molecular formula is C12H10N4S. The Hall–Kier alpha value is -2.06. The lowest BCUT2D eigenvalue weighted by molar-refractivity contribution is 1.07. The molecule has 5 heteroatoms. The van der Waals surface area contributed by atoms with Crippen LogP contribution < -0.4 is 5.73 Å². The van der Waals surface area contributed by atoms with Crippen LogP contribution in [0.5, 0.6) is 0 Å². The SMILES string of the molecule is N#Cc1cccc(CSc2nccnc2N)c1. The number of nitrogen functional groups attached to an aromatic ring is 1. The topological polar surface area (TPSA) is 75.6 Å². The van der Waals surface area contributed by atoms with Crippen molar-refractivity contribution in [1.29, 1.82) is 5.26 Å². The van der Waals surface area contributed by atoms with Gasteiger partial charge in [0.1, 0.15) is 5.03 Å². The van der Waals surface area contributed by atoms with Crippen LogP contribution in [0.2, 0.25) is 0 Å². The first-order valence-electron chi connectivity index (χ1n) is 4.98. The maximum atomic E-state index is 8.79. The highest BCUT2D eigenvalue weighted by atomic mass is 32.2. The fourth-order valence-electron chi connectivity index (χ4n) is 1.33. The van der Waals surface area contributed by atoms with Crippen LogP contribution >= 0.6 is 11.8 Å². The number of thioether (sulfide) groups is 1. The summed E-state index contributed by atoms with van der Waals surface area (Å²) in [6.45, 7) is 0. The Morgan fingerprint density at radius 1 is 1.29 bits per heavy atom. The van der Waals surface area contributed by atoms with Gasteiger partial charge in [-0.3, -0.25) is 0 Å². The molecule has 0 aliphatic carbocycles. The van der Waals surface area contributed by atoms with E-state index in [0.29, 0.717) is 11.4 Å². The third-order valence-corrected chi connectivity index (χ3v) is 3.19. The summed E-state index contributed by atoms with van der Waals surface area (Å²) in [6, 6.07) is 9.60. The van der Waals surface area contributed by atoms with Gasteiger partial charge in [0, 0.05) is 18.1 Å². The molecule has 1 aromatic heterocycles. The quantitative estimate of drug-likeness (QED) is 0.835. The van der Waals surface area contributed by atoms with Crippen LogP contribution in [0, 0.1) is 11.3 Å². The number of nitrogens with zero attached hydrogens (tertiary/aromatic N) is 3. The summed E-state index contributed by atoms with van der Waals surface area (Å²) < 4.78 is 0. The van der Waals surface area contributed by atoms with E-state index in [1.54, 1.807) is 18.5 Å². The van der Waals surface area contributed by atoms with Crippen molar-refractivity contribution in [2.24, 2.45) is 0 Å². The van der Waals surface area contributed by atoms with Gasteiger partial charge in [-0.05, 0) is 17.7 Å². The molecule has 2 aromatic rings. The summed E-state index contributed by atoms with van der Waals surface area (Å²) in [6.07, 6.45) is 3.18. The van der Waals surface area contributed by atoms with Crippen molar-refractivity contribution in [3.63, 3.8) is 0 Å². The summed E-state index contributed by atoms with van der Waals surface area (Å²) in [4.78, 5) is 8.11. The lowest BCUT2D eigenvalue weighted by Crippen LogP contribution is -1.95. The summed E-state index contributed by atoms with van der Waals surface area (Å²) in [5.41, 5.74) is 7.42. The van der Waals surface area contributed by atoms with E-state index in [0.717, 1.165) is 16.3 Å². The zero-order chi connectivity index (χ0) is 12.1. The predicted molar refractivity (Wildman–Crippen MR) is 67.2 cm³/mol. The van der Waals surface area contributed by atoms with Crippen molar-refractivity contribution in [2.45, 2.75) is 10.8 Å². The Kier molecular flexibility index (Phi) is 3.58. The van der Waals surface area contributed by atoms with Crippen LogP contribution in [0.4, 0.5) is 5.82 Å². The number of aromatic nitrogens is 2. The molecule has 0 radical (unpaired) electrons. The second-order valence-corrected chi connectivity index (χ2v) is 4.31. The summed E-state index contributed by atoms with van der Waals surface area (Å²) in [5, 5.41) is 9.51. The van der Waals surface area contributed by atoms with Crippen molar-refractivity contribution in [2.75, 3.05) is 5.73 Å². The van der Waals surface area contributed by atoms with Gasteiger partial charge < -0.3 is 5.73 Å². The minimum absolute atomic E-state index is 0.439. The molecule has 2 rings (SSSR count). The van der Waals surface area contributed by atoms with Crippen LogP contribution in [0.1, 0.15) is 11.1 Å². The molecule has 0 saturated carbocycles. The van der Waals surface area contributed by atoms with Gasteiger partial charge >= 0.3 is 0 Å². The molecule has 17 heavy (non-hydrogen) atoms. The van der Waals surface area contributed by atoms with E-state index in [-0.39, 0.29) is 0 Å². The molecular weight excluding hydrogens is 232 g/mol. The van der Waals surface area contributed by atoms with E-state index < -0.39 is 0 Å². The molecule has 0 bridgehead atoms. The highest BCUT2D eigenvalue weighted by Crippen LogP contribution is 2.24. The van der Waals surface area contributed by atoms with Gasteiger partial charge in [0.05, 0.1) is 11.6 Å². The lowest BCUT2D eigenvalue weighted by Gasteiger charge is -2.03. The number of hydrogen-bond acceptors (Lipinski definition) is 5. The maximum Gasteiger partial charge on any atom is 0.156 e. The summed E-state index contributed by atoms with van der Waals surface area (Å²) >= 11 is 1.51. The predicted octanol–water partition coefficient (Wildman–Crippen LogP) is 2.22. The second-order valence-electron chi connectivity index (χ2n) is 3.35. The van der Waals surface area contributed by atoms with E-state index in [1.807, 2.05) is 18.2 Å². The Morgan fingerprint density at radius 2 is 2.12 bits per heavy atom. The number of anilines is 1. The number of hydrogen-bond donors (Lipinski definition) is 1. The fourth-order valence-corrected chi connectivity index (χ4v) is 2.15. The van der Waals surface area contributed by atoms with Gasteiger partial charge in [0.15, 0.2) is 5.82 Å². The summed E-state index contributed by atoms with van der Waals surface area (Å²) in [5.74, 6) is 1.16. The molecule has 0 aliphatic rings. The number of benzene rings is 1. The van der Waals surface area contributed by atoms with Crippen molar-refractivity contribution < 1.29 is 0 Å². The molecule has 0 saturated heterocycles. The molecule has 84 valence electrons. The third-order valence-electron chi connectivity index (χ3n) is 2.12. The monoisotopic (exact) mass is 242 g/mol. The molecule has 0 unspecified atom stereocenters. The average molecular weight is 242 g/mol. The molecule has 1 aromatic carbocycles. The molecule has 0 amide bonds. The van der Waals surface area contributed by atoms with E-state index in [1.165, 1.54) is 11.8 Å². The van der Waals surface area contributed by atoms with Crippen molar-refractivity contribution in [3.8, 4) is 6.07 Å². The van der Waals surface area contributed by atoms with Crippen LogP contribution in [0.3, 0.4) is 0 Å². The van der Waals surface area contributed by atoms with Gasteiger partial charge in [0.25, 0.3) is 0 Å². The standard InChI is InChI=1S/C12H10N4S/c13-7-9-2-1-3-10(6-9)8-17-12-11(14)15-4-5-16-12/h1-6H,8H2,(H2,14,15). The fraction of sp³-hybridized carbons (Fsp3) is 0.0833. The second kappa shape index (κ2) is 5.32. The summed E-state index contributed by atoms with van der Waals surface area (Å²) in [7, 11) is 0. The molecule has 2 N–H and O–H groups in total. The molecule has 0 spiro atoms. The number of nitrogens with two attached hydrogens (primary N) is 1. The normalized spacial score (nSPS) is 9.82. The minimum atomic E-state index is 0.439. The van der Waals surface area contributed by atoms with Crippen LogP contribution in [-0.4, -0.2) is 9.97 Å². The largest absolute Gasteiger partial charge is 0.381 e. The first-order chi connectivity index (χ1) is 8.29. The van der Waals surface area contributed by atoms with E-state index in [9.17, 15) is 0 Å². The van der Waals surface area contributed by atoms with Gasteiger partial charge in [-0.25, -0.2) is 9.97 Å². The average Bonchev–Trinajstić information content (AvgIpc) is 2.38. The Morgan fingerprint density at radius 3 is 2.88 bits per heavy atom. The van der Waals surface area contributed by atoms with E-state index >= 15 is 0 Å². The Balaban J connectivity index is 2.08. The lowest BCUT2D eigenvalue weighted by atomic mass is 10.2. The van der Waals surface area contributed by atoms with E-state index in [2.05, 4.69) is 16.0 Å². The molecule has 0 aliphatic heterocycles. The smallest absolute Gasteiger partial charge is 0.156 e. The van der Waals surface area contributed by atoms with Gasteiger partial charge in [-0.15, -0.1) is 0 Å². The Labute approximate surface area is 104 Å². The molecule has 1 heterocycles.